The highest BCUT2D eigenvalue weighted by atomic mass is 32.2. The fourth-order valence-electron chi connectivity index (χ4n) is 3.18. The fraction of sp³-hybridized carbons (Fsp3) is 0.412. The molecule has 0 aromatic heterocycles. The lowest BCUT2D eigenvalue weighted by Gasteiger charge is -2.31. The second-order valence-electron chi connectivity index (χ2n) is 5.80. The van der Waals surface area contributed by atoms with Crippen LogP contribution in [0.5, 0.6) is 0 Å². The molecule has 0 saturated carbocycles. The van der Waals surface area contributed by atoms with Gasteiger partial charge in [-0.05, 0) is 30.2 Å². The smallest absolute Gasteiger partial charge is 0.243 e. The third kappa shape index (κ3) is 2.89. The Labute approximate surface area is 131 Å². The van der Waals surface area contributed by atoms with Crippen LogP contribution in [0.15, 0.2) is 47.4 Å². The zero-order chi connectivity index (χ0) is 15.6. The molecule has 0 bridgehead atoms. The van der Waals surface area contributed by atoms with Crippen LogP contribution in [-0.2, 0) is 14.8 Å². The molecule has 5 heteroatoms. The number of hydrogen-bond acceptors (Lipinski definition) is 3. The van der Waals surface area contributed by atoms with Crippen molar-refractivity contribution in [1.82, 2.24) is 4.31 Å². The molecule has 3 rings (SSSR count). The molecule has 4 nitrogen and oxygen atoms in total. The first-order valence-electron chi connectivity index (χ1n) is 7.60. The minimum atomic E-state index is -3.46. The van der Waals surface area contributed by atoms with Crippen molar-refractivity contribution < 1.29 is 13.2 Å². The summed E-state index contributed by atoms with van der Waals surface area (Å²) in [6, 6.07) is 13.1. The monoisotopic (exact) mass is 319 g/mol. The van der Waals surface area contributed by atoms with Crippen molar-refractivity contribution in [1.29, 1.82) is 0 Å². The van der Waals surface area contributed by atoms with Crippen LogP contribution in [0.1, 0.15) is 12.8 Å². The van der Waals surface area contributed by atoms with Gasteiger partial charge in [0.15, 0.2) is 0 Å². The van der Waals surface area contributed by atoms with E-state index in [9.17, 15) is 8.42 Å². The van der Waals surface area contributed by atoms with E-state index in [1.165, 1.54) is 0 Å². The van der Waals surface area contributed by atoms with Crippen molar-refractivity contribution in [3.8, 4) is 0 Å². The van der Waals surface area contributed by atoms with Crippen LogP contribution >= 0.6 is 0 Å². The lowest BCUT2D eigenvalue weighted by Crippen LogP contribution is -2.41. The van der Waals surface area contributed by atoms with Crippen LogP contribution < -0.4 is 0 Å². The van der Waals surface area contributed by atoms with Crippen molar-refractivity contribution >= 4 is 20.8 Å². The molecule has 1 unspecified atom stereocenters. The molecule has 118 valence electrons. The van der Waals surface area contributed by atoms with E-state index >= 15 is 0 Å². The average molecular weight is 319 g/mol. The third-order valence-corrected chi connectivity index (χ3v) is 6.17. The molecule has 0 amide bonds. The third-order valence-electron chi connectivity index (χ3n) is 4.25. The maximum Gasteiger partial charge on any atom is 0.243 e. The number of hydrogen-bond donors (Lipinski definition) is 0. The maximum absolute atomic E-state index is 13.0. The van der Waals surface area contributed by atoms with Gasteiger partial charge in [-0.15, -0.1) is 0 Å². The summed E-state index contributed by atoms with van der Waals surface area (Å²) >= 11 is 0. The number of ether oxygens (including phenoxy) is 1. The SMILES string of the molecule is COCC1CCCN(S(=O)(=O)c2cccc3ccccc23)C1. The summed E-state index contributed by atoms with van der Waals surface area (Å²) in [7, 11) is -1.80. The van der Waals surface area contributed by atoms with Gasteiger partial charge in [0.1, 0.15) is 0 Å². The van der Waals surface area contributed by atoms with Crippen molar-refractivity contribution in [3.63, 3.8) is 0 Å². The minimum Gasteiger partial charge on any atom is -0.384 e. The molecule has 1 saturated heterocycles. The van der Waals surface area contributed by atoms with Crippen LogP contribution in [0.25, 0.3) is 10.8 Å². The maximum atomic E-state index is 13.0. The molecule has 1 fully saturated rings. The minimum absolute atomic E-state index is 0.281. The molecule has 0 spiro atoms. The highest BCUT2D eigenvalue weighted by Gasteiger charge is 2.31. The number of nitrogens with zero attached hydrogens (tertiary/aromatic N) is 1. The normalized spacial score (nSPS) is 20.3. The molecular formula is C17H21NO3S. The first-order chi connectivity index (χ1) is 10.6. The van der Waals surface area contributed by atoms with Crippen molar-refractivity contribution in [3.05, 3.63) is 42.5 Å². The molecular weight excluding hydrogens is 298 g/mol. The van der Waals surface area contributed by atoms with Gasteiger partial charge in [-0.25, -0.2) is 8.42 Å². The van der Waals surface area contributed by atoms with Crippen molar-refractivity contribution in [2.24, 2.45) is 5.92 Å². The van der Waals surface area contributed by atoms with Crippen molar-refractivity contribution in [2.45, 2.75) is 17.7 Å². The van der Waals surface area contributed by atoms with Crippen LogP contribution in [0.4, 0.5) is 0 Å². The van der Waals surface area contributed by atoms with Gasteiger partial charge in [-0.1, -0.05) is 36.4 Å². The topological polar surface area (TPSA) is 46.6 Å². The summed E-state index contributed by atoms with van der Waals surface area (Å²) in [5, 5.41) is 1.74. The summed E-state index contributed by atoms with van der Waals surface area (Å²) in [6.45, 7) is 1.74. The van der Waals surface area contributed by atoms with Gasteiger partial charge in [-0.2, -0.15) is 4.31 Å². The summed E-state index contributed by atoms with van der Waals surface area (Å²) in [5.41, 5.74) is 0. The summed E-state index contributed by atoms with van der Waals surface area (Å²) in [6.07, 6.45) is 1.91. The van der Waals surface area contributed by atoms with E-state index in [0.29, 0.717) is 24.6 Å². The van der Waals surface area contributed by atoms with Gasteiger partial charge in [0.05, 0.1) is 11.5 Å². The highest BCUT2D eigenvalue weighted by Crippen LogP contribution is 2.28. The Hall–Kier alpha value is -1.43. The summed E-state index contributed by atoms with van der Waals surface area (Å²) in [4.78, 5) is 0.406. The Balaban J connectivity index is 1.98. The number of fused-ring (bicyclic) bond motifs is 1. The van der Waals surface area contributed by atoms with Gasteiger partial charge < -0.3 is 4.74 Å². The van der Waals surface area contributed by atoms with Gasteiger partial charge >= 0.3 is 0 Å². The van der Waals surface area contributed by atoms with E-state index in [1.54, 1.807) is 17.5 Å². The molecule has 1 heterocycles. The van der Waals surface area contributed by atoms with Gasteiger partial charge in [-0.3, -0.25) is 0 Å². The van der Waals surface area contributed by atoms with Crippen molar-refractivity contribution in [2.75, 3.05) is 26.8 Å². The van der Waals surface area contributed by atoms with Gasteiger partial charge in [0, 0.05) is 25.6 Å². The molecule has 1 aliphatic heterocycles. The quantitative estimate of drug-likeness (QED) is 0.870. The van der Waals surface area contributed by atoms with Crippen LogP contribution in [0.3, 0.4) is 0 Å². The largest absolute Gasteiger partial charge is 0.384 e. The molecule has 0 N–H and O–H groups in total. The fourth-order valence-corrected chi connectivity index (χ4v) is 4.95. The zero-order valence-electron chi connectivity index (χ0n) is 12.7. The average Bonchev–Trinajstić information content (AvgIpc) is 2.55. The number of piperidine rings is 1. The predicted molar refractivity (Wildman–Crippen MR) is 87.3 cm³/mol. The van der Waals surface area contributed by atoms with Crippen LogP contribution in [0, 0.1) is 5.92 Å². The number of benzene rings is 2. The van der Waals surface area contributed by atoms with E-state index in [2.05, 4.69) is 0 Å². The Morgan fingerprint density at radius 2 is 1.95 bits per heavy atom. The number of methoxy groups -OCH3 is 1. The zero-order valence-corrected chi connectivity index (χ0v) is 13.6. The molecule has 0 radical (unpaired) electrons. The molecule has 1 aliphatic rings. The van der Waals surface area contributed by atoms with E-state index in [1.807, 2.05) is 36.4 Å². The summed E-state index contributed by atoms with van der Waals surface area (Å²) < 4.78 is 32.9. The molecule has 0 aliphatic carbocycles. The first kappa shape index (κ1) is 15.5. The second kappa shape index (κ2) is 6.36. The first-order valence-corrected chi connectivity index (χ1v) is 9.04. The predicted octanol–water partition coefficient (Wildman–Crippen LogP) is 2.89. The molecule has 22 heavy (non-hydrogen) atoms. The highest BCUT2D eigenvalue weighted by molar-refractivity contribution is 7.89. The molecule has 2 aromatic carbocycles. The van der Waals surface area contributed by atoms with Gasteiger partial charge in [0.2, 0.25) is 10.0 Å². The van der Waals surface area contributed by atoms with E-state index in [-0.39, 0.29) is 5.92 Å². The molecule has 1 atom stereocenters. The Kier molecular flexibility index (Phi) is 4.47. The Morgan fingerprint density at radius 1 is 1.18 bits per heavy atom. The van der Waals surface area contributed by atoms with E-state index < -0.39 is 10.0 Å². The second-order valence-corrected chi connectivity index (χ2v) is 7.71. The van der Waals surface area contributed by atoms with Crippen LogP contribution in [-0.4, -0.2) is 39.5 Å². The van der Waals surface area contributed by atoms with E-state index in [0.717, 1.165) is 23.6 Å². The number of rotatable bonds is 4. The summed E-state index contributed by atoms with van der Waals surface area (Å²) in [5.74, 6) is 0.281. The standard InChI is InChI=1S/C17H21NO3S/c1-21-13-14-6-5-11-18(12-14)22(19,20)17-10-4-8-15-7-2-3-9-16(15)17/h2-4,7-10,14H,5-6,11-13H2,1H3. The number of sulfonamides is 1. The van der Waals surface area contributed by atoms with Gasteiger partial charge in [0.25, 0.3) is 0 Å². The lowest BCUT2D eigenvalue weighted by molar-refractivity contribution is 0.118. The lowest BCUT2D eigenvalue weighted by atomic mass is 10.0. The Bertz CT molecular complexity index is 750. The van der Waals surface area contributed by atoms with E-state index in [4.69, 9.17) is 4.74 Å². The van der Waals surface area contributed by atoms with Crippen LogP contribution in [0.2, 0.25) is 0 Å². The molecule has 2 aromatic rings. The Morgan fingerprint density at radius 3 is 2.77 bits per heavy atom.